The molecule has 1 heterocycles. The van der Waals surface area contributed by atoms with Crippen LogP contribution in [0.25, 0.3) is 0 Å². The van der Waals surface area contributed by atoms with Gasteiger partial charge in [0.25, 0.3) is 11.8 Å². The minimum Gasteiger partial charge on any atom is -0.336 e. The third-order valence-corrected chi connectivity index (χ3v) is 4.76. The fraction of sp³-hybridized carbons (Fsp3) is 0.263. The van der Waals surface area contributed by atoms with Crippen molar-refractivity contribution in [1.29, 1.82) is 0 Å². The van der Waals surface area contributed by atoms with Crippen molar-refractivity contribution in [3.8, 4) is 0 Å². The van der Waals surface area contributed by atoms with E-state index >= 15 is 0 Å². The number of piperazine rings is 1. The van der Waals surface area contributed by atoms with E-state index in [1.807, 2.05) is 17.0 Å². The van der Waals surface area contributed by atoms with Gasteiger partial charge in [0, 0.05) is 47.5 Å². The van der Waals surface area contributed by atoms with Crippen LogP contribution < -0.4 is 5.32 Å². The second kappa shape index (κ2) is 7.80. The lowest BCUT2D eigenvalue weighted by molar-refractivity contribution is 0.0664. The fourth-order valence-corrected chi connectivity index (χ4v) is 3.12. The highest BCUT2D eigenvalue weighted by Crippen LogP contribution is 2.16. The van der Waals surface area contributed by atoms with E-state index in [1.54, 1.807) is 36.4 Å². The van der Waals surface area contributed by atoms with Crippen LogP contribution in [0, 0.1) is 0 Å². The SMILES string of the molecule is CN1CCN(C(=O)c2ccc(NC(=O)c3cccc(Br)c3)cc2)CC1. The molecule has 5 nitrogen and oxygen atoms in total. The highest BCUT2D eigenvalue weighted by molar-refractivity contribution is 9.10. The second-order valence-corrected chi connectivity index (χ2v) is 7.05. The number of likely N-dealkylation sites (N-methyl/N-ethyl adjacent to an activating group) is 1. The van der Waals surface area contributed by atoms with Gasteiger partial charge in [0.05, 0.1) is 0 Å². The number of halogens is 1. The minimum atomic E-state index is -0.181. The first kappa shape index (κ1) is 17.6. The Morgan fingerprint density at radius 2 is 1.64 bits per heavy atom. The molecule has 0 spiro atoms. The maximum absolute atomic E-state index is 12.5. The summed E-state index contributed by atoms with van der Waals surface area (Å²) in [6.07, 6.45) is 0. The molecule has 0 bridgehead atoms. The minimum absolute atomic E-state index is 0.0398. The molecular formula is C19H20BrN3O2. The Hall–Kier alpha value is -2.18. The molecule has 130 valence electrons. The molecule has 2 aromatic carbocycles. The van der Waals surface area contributed by atoms with E-state index in [1.165, 1.54) is 0 Å². The third kappa shape index (κ3) is 4.46. The van der Waals surface area contributed by atoms with Crippen LogP contribution in [0.5, 0.6) is 0 Å². The van der Waals surface area contributed by atoms with E-state index < -0.39 is 0 Å². The van der Waals surface area contributed by atoms with Crippen molar-refractivity contribution in [1.82, 2.24) is 9.80 Å². The van der Waals surface area contributed by atoms with Gasteiger partial charge >= 0.3 is 0 Å². The summed E-state index contributed by atoms with van der Waals surface area (Å²) >= 11 is 3.36. The lowest BCUT2D eigenvalue weighted by Crippen LogP contribution is -2.47. The lowest BCUT2D eigenvalue weighted by Gasteiger charge is -2.32. The summed E-state index contributed by atoms with van der Waals surface area (Å²) in [5.74, 6) is -0.141. The molecule has 1 N–H and O–H groups in total. The number of benzene rings is 2. The van der Waals surface area contributed by atoms with Crippen molar-refractivity contribution in [2.24, 2.45) is 0 Å². The summed E-state index contributed by atoms with van der Waals surface area (Å²) in [7, 11) is 2.06. The van der Waals surface area contributed by atoms with Gasteiger partial charge in [-0.15, -0.1) is 0 Å². The van der Waals surface area contributed by atoms with Gasteiger partial charge in [0.15, 0.2) is 0 Å². The van der Waals surface area contributed by atoms with Gasteiger partial charge in [0.2, 0.25) is 0 Å². The van der Waals surface area contributed by atoms with Gasteiger partial charge in [-0.25, -0.2) is 0 Å². The van der Waals surface area contributed by atoms with E-state index in [2.05, 4.69) is 33.2 Å². The average Bonchev–Trinajstić information content (AvgIpc) is 2.62. The van der Waals surface area contributed by atoms with E-state index in [0.29, 0.717) is 16.8 Å². The Morgan fingerprint density at radius 3 is 2.28 bits per heavy atom. The maximum Gasteiger partial charge on any atom is 0.255 e. The van der Waals surface area contributed by atoms with Crippen molar-refractivity contribution in [2.45, 2.75) is 0 Å². The number of anilines is 1. The first-order valence-corrected chi connectivity index (χ1v) is 8.97. The van der Waals surface area contributed by atoms with Crippen molar-refractivity contribution in [3.05, 3.63) is 64.1 Å². The van der Waals surface area contributed by atoms with Crippen LogP contribution in [0.1, 0.15) is 20.7 Å². The van der Waals surface area contributed by atoms with Crippen LogP contribution in [-0.2, 0) is 0 Å². The molecule has 6 heteroatoms. The number of carbonyl (C=O) groups excluding carboxylic acids is 2. The summed E-state index contributed by atoms with van der Waals surface area (Å²) in [5.41, 5.74) is 1.89. The molecule has 0 unspecified atom stereocenters. The number of amides is 2. The number of rotatable bonds is 3. The van der Waals surface area contributed by atoms with Crippen LogP contribution >= 0.6 is 15.9 Å². The molecule has 2 aromatic rings. The van der Waals surface area contributed by atoms with Crippen LogP contribution in [-0.4, -0.2) is 54.8 Å². The Bertz CT molecular complexity index is 768. The maximum atomic E-state index is 12.5. The molecule has 0 saturated carbocycles. The average molecular weight is 402 g/mol. The molecule has 2 amide bonds. The van der Waals surface area contributed by atoms with Gasteiger partial charge in [0.1, 0.15) is 0 Å². The molecule has 1 aliphatic rings. The zero-order valence-corrected chi connectivity index (χ0v) is 15.6. The molecule has 1 fully saturated rings. The standard InChI is InChI=1S/C19H20BrN3O2/c1-22-9-11-23(12-10-22)19(25)14-5-7-17(8-6-14)21-18(24)15-3-2-4-16(20)13-15/h2-8,13H,9-12H2,1H3,(H,21,24). The molecule has 0 radical (unpaired) electrons. The summed E-state index contributed by atoms with van der Waals surface area (Å²) in [5, 5.41) is 2.85. The zero-order chi connectivity index (χ0) is 17.8. The lowest BCUT2D eigenvalue weighted by atomic mass is 10.1. The quantitative estimate of drug-likeness (QED) is 0.859. The van der Waals surface area contributed by atoms with Gasteiger partial charge in [-0.2, -0.15) is 0 Å². The van der Waals surface area contributed by atoms with E-state index in [-0.39, 0.29) is 11.8 Å². The van der Waals surface area contributed by atoms with Crippen molar-refractivity contribution in [3.63, 3.8) is 0 Å². The first-order chi connectivity index (χ1) is 12.0. The van der Waals surface area contributed by atoms with Crippen LogP contribution in [0.2, 0.25) is 0 Å². The van der Waals surface area contributed by atoms with Crippen LogP contribution in [0.4, 0.5) is 5.69 Å². The number of hydrogen-bond donors (Lipinski definition) is 1. The van der Waals surface area contributed by atoms with Crippen molar-refractivity contribution < 1.29 is 9.59 Å². The van der Waals surface area contributed by atoms with Gasteiger partial charge < -0.3 is 15.1 Å². The Kier molecular flexibility index (Phi) is 5.50. The van der Waals surface area contributed by atoms with Gasteiger partial charge in [-0.05, 0) is 49.5 Å². The molecule has 0 aliphatic carbocycles. The third-order valence-electron chi connectivity index (χ3n) is 4.27. The smallest absolute Gasteiger partial charge is 0.255 e. The van der Waals surface area contributed by atoms with Crippen LogP contribution in [0.15, 0.2) is 53.0 Å². The highest BCUT2D eigenvalue weighted by atomic mass is 79.9. The van der Waals surface area contributed by atoms with E-state index in [9.17, 15) is 9.59 Å². The van der Waals surface area contributed by atoms with Crippen molar-refractivity contribution in [2.75, 3.05) is 38.5 Å². The Labute approximate surface area is 155 Å². The second-order valence-electron chi connectivity index (χ2n) is 6.14. The Morgan fingerprint density at radius 1 is 0.960 bits per heavy atom. The predicted molar refractivity (Wildman–Crippen MR) is 102 cm³/mol. The molecule has 25 heavy (non-hydrogen) atoms. The molecular weight excluding hydrogens is 382 g/mol. The highest BCUT2D eigenvalue weighted by Gasteiger charge is 2.20. The summed E-state index contributed by atoms with van der Waals surface area (Å²) < 4.78 is 0.855. The first-order valence-electron chi connectivity index (χ1n) is 8.18. The summed E-state index contributed by atoms with van der Waals surface area (Å²) in [6, 6.07) is 14.3. The van der Waals surface area contributed by atoms with Gasteiger partial charge in [-0.3, -0.25) is 9.59 Å². The monoisotopic (exact) mass is 401 g/mol. The van der Waals surface area contributed by atoms with E-state index in [0.717, 1.165) is 30.7 Å². The number of nitrogens with zero attached hydrogens (tertiary/aromatic N) is 2. The summed E-state index contributed by atoms with van der Waals surface area (Å²) in [4.78, 5) is 28.8. The fourth-order valence-electron chi connectivity index (χ4n) is 2.72. The van der Waals surface area contributed by atoms with E-state index in [4.69, 9.17) is 0 Å². The summed E-state index contributed by atoms with van der Waals surface area (Å²) in [6.45, 7) is 3.28. The number of nitrogens with one attached hydrogen (secondary N) is 1. The zero-order valence-electron chi connectivity index (χ0n) is 14.0. The molecule has 3 rings (SSSR count). The normalized spacial score (nSPS) is 15.0. The Balaban J connectivity index is 1.64. The number of carbonyl (C=O) groups is 2. The number of hydrogen-bond acceptors (Lipinski definition) is 3. The largest absolute Gasteiger partial charge is 0.336 e. The molecule has 1 aliphatic heterocycles. The van der Waals surface area contributed by atoms with Crippen molar-refractivity contribution >= 4 is 33.4 Å². The molecule has 0 atom stereocenters. The predicted octanol–water partition coefficient (Wildman–Crippen LogP) is 3.09. The topological polar surface area (TPSA) is 52.6 Å². The molecule has 0 aromatic heterocycles. The molecule has 1 saturated heterocycles. The van der Waals surface area contributed by atoms with Gasteiger partial charge in [-0.1, -0.05) is 22.0 Å². The van der Waals surface area contributed by atoms with Crippen LogP contribution in [0.3, 0.4) is 0 Å².